The minimum Gasteiger partial charge on any atom is -0.330 e. The molecule has 1 unspecified atom stereocenters. The lowest BCUT2D eigenvalue weighted by Crippen LogP contribution is -2.35. The summed E-state index contributed by atoms with van der Waals surface area (Å²) in [5.74, 6) is -0.549. The first kappa shape index (κ1) is 17.0. The molecule has 1 aliphatic heterocycles. The maximum absolute atomic E-state index is 13.1. The van der Waals surface area contributed by atoms with E-state index in [-0.39, 0.29) is 24.2 Å². The average molecular weight is 360 g/mol. The zero-order valence-electron chi connectivity index (χ0n) is 15.2. The first-order valence-corrected chi connectivity index (χ1v) is 8.83. The van der Waals surface area contributed by atoms with Gasteiger partial charge in [0.1, 0.15) is 0 Å². The molecule has 0 aliphatic carbocycles. The van der Waals surface area contributed by atoms with Crippen LogP contribution in [-0.2, 0) is 9.59 Å². The van der Waals surface area contributed by atoms with Gasteiger partial charge < -0.3 is 10.6 Å². The molecule has 0 spiro atoms. The lowest BCUT2D eigenvalue weighted by Gasteiger charge is -2.27. The molecule has 4 rings (SSSR count). The molecule has 2 heterocycles. The molecule has 0 bridgehead atoms. The van der Waals surface area contributed by atoms with Gasteiger partial charge in [-0.15, -0.1) is 0 Å². The summed E-state index contributed by atoms with van der Waals surface area (Å²) in [4.78, 5) is 25.1. The van der Waals surface area contributed by atoms with Gasteiger partial charge in [-0.1, -0.05) is 29.8 Å². The molecule has 6 nitrogen and oxygen atoms in total. The van der Waals surface area contributed by atoms with Gasteiger partial charge in [-0.05, 0) is 37.6 Å². The molecule has 1 aliphatic rings. The topological polar surface area (TPSA) is 86.9 Å². The molecule has 2 amide bonds. The van der Waals surface area contributed by atoms with E-state index in [2.05, 4.69) is 20.8 Å². The molecule has 0 radical (unpaired) electrons. The number of allylic oxidation sites excluding steroid dienone is 1. The second-order valence-corrected chi connectivity index (χ2v) is 6.88. The number of aromatic amines is 1. The number of nitrogens with one attached hydrogen (secondary N) is 3. The van der Waals surface area contributed by atoms with Gasteiger partial charge in [-0.3, -0.25) is 14.7 Å². The predicted molar refractivity (Wildman–Crippen MR) is 104 cm³/mol. The first-order valence-electron chi connectivity index (χ1n) is 8.83. The molecule has 1 aromatic heterocycles. The summed E-state index contributed by atoms with van der Waals surface area (Å²) in [5.41, 5.74) is 4.88. The van der Waals surface area contributed by atoms with Crippen LogP contribution in [0.15, 0.2) is 59.9 Å². The lowest BCUT2D eigenvalue weighted by atomic mass is 9.83. The summed E-state index contributed by atoms with van der Waals surface area (Å²) < 4.78 is 0. The molecule has 0 fully saturated rings. The minimum absolute atomic E-state index is 0.0746. The van der Waals surface area contributed by atoms with E-state index in [9.17, 15) is 9.59 Å². The summed E-state index contributed by atoms with van der Waals surface area (Å²) >= 11 is 0. The van der Waals surface area contributed by atoms with Gasteiger partial charge in [0, 0.05) is 34.7 Å². The monoisotopic (exact) mass is 360 g/mol. The van der Waals surface area contributed by atoms with E-state index in [0.29, 0.717) is 17.0 Å². The number of nitrogens with zero attached hydrogens (tertiary/aromatic N) is 1. The fourth-order valence-electron chi connectivity index (χ4n) is 3.51. The van der Waals surface area contributed by atoms with E-state index in [1.807, 2.05) is 49.4 Å². The van der Waals surface area contributed by atoms with E-state index in [1.165, 1.54) is 0 Å². The van der Waals surface area contributed by atoms with E-state index >= 15 is 0 Å². The van der Waals surface area contributed by atoms with Crippen LogP contribution in [0, 0.1) is 6.92 Å². The molecule has 2 aromatic carbocycles. The largest absolute Gasteiger partial charge is 0.330 e. The highest BCUT2D eigenvalue weighted by Crippen LogP contribution is 2.33. The van der Waals surface area contributed by atoms with Gasteiger partial charge in [-0.25, -0.2) is 0 Å². The van der Waals surface area contributed by atoms with Crippen molar-refractivity contribution in [3.63, 3.8) is 0 Å². The fraction of sp³-hybridized carbons (Fsp3) is 0.190. The van der Waals surface area contributed by atoms with Gasteiger partial charge in [-0.2, -0.15) is 5.10 Å². The number of aryl methyl sites for hydroxylation is 1. The highest BCUT2D eigenvalue weighted by atomic mass is 16.2. The number of fused-ring (bicyclic) bond motifs is 1. The Morgan fingerprint density at radius 1 is 1.15 bits per heavy atom. The molecular weight excluding hydrogens is 340 g/mol. The molecule has 136 valence electrons. The van der Waals surface area contributed by atoms with Crippen molar-refractivity contribution in [3.05, 3.63) is 71.1 Å². The number of carbonyl (C=O) groups excluding carboxylic acids is 2. The number of benzene rings is 2. The first-order chi connectivity index (χ1) is 13.0. The van der Waals surface area contributed by atoms with Crippen LogP contribution in [0.3, 0.4) is 0 Å². The maximum Gasteiger partial charge on any atom is 0.253 e. The van der Waals surface area contributed by atoms with Crippen LogP contribution >= 0.6 is 0 Å². The zero-order chi connectivity index (χ0) is 19.0. The van der Waals surface area contributed by atoms with Crippen LogP contribution in [0.2, 0.25) is 0 Å². The molecule has 1 atom stereocenters. The van der Waals surface area contributed by atoms with Crippen molar-refractivity contribution in [2.75, 3.05) is 5.32 Å². The second-order valence-electron chi connectivity index (χ2n) is 6.88. The maximum atomic E-state index is 13.1. The number of rotatable bonds is 3. The number of anilines is 1. The van der Waals surface area contributed by atoms with Crippen LogP contribution in [0.4, 0.5) is 5.69 Å². The Balaban J connectivity index is 1.66. The number of aromatic nitrogens is 2. The number of carbonyl (C=O) groups is 2. The van der Waals surface area contributed by atoms with E-state index < -0.39 is 0 Å². The smallest absolute Gasteiger partial charge is 0.253 e. The molecule has 3 N–H and O–H groups in total. The van der Waals surface area contributed by atoms with Gasteiger partial charge in [0.15, 0.2) is 0 Å². The van der Waals surface area contributed by atoms with Crippen molar-refractivity contribution < 1.29 is 9.59 Å². The van der Waals surface area contributed by atoms with Crippen molar-refractivity contribution in [2.45, 2.75) is 26.2 Å². The van der Waals surface area contributed by atoms with Crippen LogP contribution in [0.25, 0.3) is 10.9 Å². The van der Waals surface area contributed by atoms with Gasteiger partial charge in [0.05, 0.1) is 11.7 Å². The lowest BCUT2D eigenvalue weighted by molar-refractivity contribution is -0.121. The number of hydrogen-bond acceptors (Lipinski definition) is 3. The molecule has 27 heavy (non-hydrogen) atoms. The van der Waals surface area contributed by atoms with Crippen LogP contribution in [0.5, 0.6) is 0 Å². The summed E-state index contributed by atoms with van der Waals surface area (Å²) in [6.45, 7) is 3.78. The van der Waals surface area contributed by atoms with Crippen molar-refractivity contribution in [2.24, 2.45) is 0 Å². The third-order valence-electron chi connectivity index (χ3n) is 4.89. The Morgan fingerprint density at radius 3 is 2.70 bits per heavy atom. The summed E-state index contributed by atoms with van der Waals surface area (Å²) in [6.07, 6.45) is 1.97. The molecule has 6 heteroatoms. The fourth-order valence-corrected chi connectivity index (χ4v) is 3.51. The van der Waals surface area contributed by atoms with E-state index in [4.69, 9.17) is 0 Å². The number of H-pyrrole nitrogens is 1. The predicted octanol–water partition coefficient (Wildman–Crippen LogP) is 3.39. The Bertz CT molecular complexity index is 1060. The van der Waals surface area contributed by atoms with Crippen LogP contribution < -0.4 is 10.6 Å². The van der Waals surface area contributed by atoms with E-state index in [1.54, 1.807) is 13.1 Å². The Morgan fingerprint density at radius 2 is 1.93 bits per heavy atom. The minimum atomic E-state index is -0.267. The Kier molecular flexibility index (Phi) is 4.24. The van der Waals surface area contributed by atoms with Crippen molar-refractivity contribution >= 4 is 28.4 Å². The number of hydrogen-bond donors (Lipinski definition) is 3. The standard InChI is InChI=1S/C21H20N4O2/c1-12-3-5-14(6-4-12)17-10-19(26)23-13(2)20(17)21(27)24-16-7-8-18-15(9-16)11-22-25-18/h3-9,11,17H,10H2,1-2H3,(H,22,25)(H,23,26)(H,24,27). The van der Waals surface area contributed by atoms with Crippen molar-refractivity contribution in [1.29, 1.82) is 0 Å². The highest BCUT2D eigenvalue weighted by Gasteiger charge is 2.31. The Labute approximate surface area is 156 Å². The molecule has 3 aromatic rings. The zero-order valence-corrected chi connectivity index (χ0v) is 15.2. The SMILES string of the molecule is CC1=C(C(=O)Nc2ccc3[nH]ncc3c2)C(c2ccc(C)cc2)CC(=O)N1. The van der Waals surface area contributed by atoms with Crippen molar-refractivity contribution in [3.8, 4) is 0 Å². The summed E-state index contributed by atoms with van der Waals surface area (Å²) in [5, 5.41) is 13.6. The van der Waals surface area contributed by atoms with Gasteiger partial charge in [0.2, 0.25) is 5.91 Å². The third kappa shape index (κ3) is 3.33. The van der Waals surface area contributed by atoms with Gasteiger partial charge in [0.25, 0.3) is 5.91 Å². The number of amides is 2. The van der Waals surface area contributed by atoms with Gasteiger partial charge >= 0.3 is 0 Å². The third-order valence-corrected chi connectivity index (χ3v) is 4.89. The van der Waals surface area contributed by atoms with Crippen LogP contribution in [-0.4, -0.2) is 22.0 Å². The highest BCUT2D eigenvalue weighted by molar-refractivity contribution is 6.07. The second kappa shape index (κ2) is 6.72. The van der Waals surface area contributed by atoms with Crippen molar-refractivity contribution in [1.82, 2.24) is 15.5 Å². The van der Waals surface area contributed by atoms with Crippen LogP contribution in [0.1, 0.15) is 30.4 Å². The van der Waals surface area contributed by atoms with E-state index in [0.717, 1.165) is 22.0 Å². The molecule has 0 saturated heterocycles. The summed E-state index contributed by atoms with van der Waals surface area (Å²) in [6, 6.07) is 13.5. The molecule has 0 saturated carbocycles. The quantitative estimate of drug-likeness (QED) is 0.669. The average Bonchev–Trinajstić information content (AvgIpc) is 3.09. The molecular formula is C21H20N4O2. The normalized spacial score (nSPS) is 17.1. The summed E-state index contributed by atoms with van der Waals surface area (Å²) in [7, 11) is 0. The Hall–Kier alpha value is -3.41.